The van der Waals surface area contributed by atoms with Gasteiger partial charge in [-0.2, -0.15) is 0 Å². The topological polar surface area (TPSA) is 62.0 Å². The zero-order valence-electron chi connectivity index (χ0n) is 13.6. The molecule has 2 aromatic rings. The van der Waals surface area contributed by atoms with Crippen LogP contribution < -0.4 is 4.90 Å². The zero-order valence-corrected chi connectivity index (χ0v) is 14.4. The maximum atomic E-state index is 11.0. The molecule has 0 spiro atoms. The number of allylic oxidation sites excluding steroid dienone is 2. The van der Waals surface area contributed by atoms with E-state index in [1.807, 2.05) is 64.6 Å². The van der Waals surface area contributed by atoms with Crippen molar-refractivity contribution in [3.8, 4) is 0 Å². The minimum atomic E-state index is -0.402. The predicted octanol–water partition coefficient (Wildman–Crippen LogP) is 4.18. The van der Waals surface area contributed by atoms with Gasteiger partial charge < -0.3 is 4.90 Å². The van der Waals surface area contributed by atoms with Crippen molar-refractivity contribution in [1.82, 2.24) is 4.90 Å². The summed E-state index contributed by atoms with van der Waals surface area (Å²) < 4.78 is 0. The highest BCUT2D eigenvalue weighted by Crippen LogP contribution is 2.36. The van der Waals surface area contributed by atoms with E-state index in [0.29, 0.717) is 5.11 Å². The minimum absolute atomic E-state index is 0.0568. The van der Waals surface area contributed by atoms with Gasteiger partial charge in [0.25, 0.3) is 5.69 Å². The van der Waals surface area contributed by atoms with Crippen molar-refractivity contribution in [1.29, 1.82) is 0 Å². The van der Waals surface area contributed by atoms with Crippen molar-refractivity contribution < 1.29 is 4.92 Å². The van der Waals surface area contributed by atoms with Crippen molar-refractivity contribution in [2.75, 3.05) is 4.90 Å². The lowest BCUT2D eigenvalue weighted by Gasteiger charge is -2.43. The van der Waals surface area contributed by atoms with Crippen LogP contribution in [0.4, 0.5) is 11.4 Å². The van der Waals surface area contributed by atoms with E-state index in [2.05, 4.69) is 4.99 Å². The molecular formula is C19H14N4O2S. The van der Waals surface area contributed by atoms with Crippen LogP contribution in [0.2, 0.25) is 0 Å². The second-order valence-corrected chi connectivity index (χ2v) is 6.15. The smallest absolute Gasteiger partial charge is 0.269 e. The Labute approximate surface area is 155 Å². The predicted molar refractivity (Wildman–Crippen MR) is 105 cm³/mol. The Hall–Kier alpha value is -3.32. The van der Waals surface area contributed by atoms with E-state index in [1.54, 1.807) is 12.1 Å². The SMILES string of the molecule is O=[N+]([O-])c1ccc(C2N3C=CC=CC3=NC(=S)N2c2ccccc2)cc1. The van der Waals surface area contributed by atoms with E-state index in [4.69, 9.17) is 12.2 Å². The summed E-state index contributed by atoms with van der Waals surface area (Å²) in [6.45, 7) is 0. The summed E-state index contributed by atoms with van der Waals surface area (Å²) >= 11 is 5.57. The van der Waals surface area contributed by atoms with Gasteiger partial charge in [-0.3, -0.25) is 15.0 Å². The van der Waals surface area contributed by atoms with E-state index in [-0.39, 0.29) is 11.9 Å². The highest BCUT2D eigenvalue weighted by atomic mass is 32.1. The molecule has 0 amide bonds. The molecule has 1 unspecified atom stereocenters. The molecule has 0 saturated heterocycles. The van der Waals surface area contributed by atoms with Crippen LogP contribution in [0.25, 0.3) is 0 Å². The van der Waals surface area contributed by atoms with Crippen molar-refractivity contribution in [3.63, 3.8) is 0 Å². The van der Waals surface area contributed by atoms with Crippen LogP contribution in [0.5, 0.6) is 0 Å². The third kappa shape index (κ3) is 2.78. The number of thiocarbonyl (C=S) groups is 1. The van der Waals surface area contributed by atoms with Crippen LogP contribution in [0.15, 0.2) is 84.0 Å². The quantitative estimate of drug-likeness (QED) is 0.466. The molecule has 1 atom stereocenters. The first-order valence-corrected chi connectivity index (χ1v) is 8.40. The molecule has 26 heavy (non-hydrogen) atoms. The van der Waals surface area contributed by atoms with Crippen LogP contribution in [0.3, 0.4) is 0 Å². The number of aliphatic imine (C=N–C) groups is 1. The Kier molecular flexibility index (Phi) is 4.06. The number of non-ortho nitro benzene ring substituents is 1. The normalized spacial score (nSPS) is 18.5. The number of fused-ring (bicyclic) bond motifs is 1. The van der Waals surface area contributed by atoms with Gasteiger partial charge in [-0.15, -0.1) is 0 Å². The summed E-state index contributed by atoms with van der Waals surface area (Å²) in [5.41, 5.74) is 1.85. The second kappa shape index (κ2) is 6.53. The molecule has 2 heterocycles. The average Bonchev–Trinajstić information content (AvgIpc) is 2.67. The van der Waals surface area contributed by atoms with Gasteiger partial charge in [-0.25, -0.2) is 4.99 Å². The molecule has 2 aliphatic rings. The third-order valence-electron chi connectivity index (χ3n) is 4.23. The molecule has 0 fully saturated rings. The zero-order chi connectivity index (χ0) is 18.1. The van der Waals surface area contributed by atoms with E-state index in [1.165, 1.54) is 12.1 Å². The standard InChI is InChI=1S/C19H14N4O2S/c24-23(25)16-11-9-14(10-12-16)18-21-13-5-4-8-17(21)20-19(26)22(18)15-6-2-1-3-7-15/h1-13,18H. The lowest BCUT2D eigenvalue weighted by atomic mass is 10.1. The van der Waals surface area contributed by atoms with Crippen LogP contribution in [-0.4, -0.2) is 20.8 Å². The summed E-state index contributed by atoms with van der Waals surface area (Å²) in [5, 5.41) is 11.4. The molecule has 0 aromatic heterocycles. The molecule has 6 nitrogen and oxygen atoms in total. The summed E-state index contributed by atoms with van der Waals surface area (Å²) in [4.78, 5) is 19.1. The number of hydrogen-bond acceptors (Lipinski definition) is 4. The maximum Gasteiger partial charge on any atom is 0.269 e. The molecule has 2 aromatic carbocycles. The van der Waals surface area contributed by atoms with Crippen molar-refractivity contribution in [2.45, 2.75) is 6.17 Å². The lowest BCUT2D eigenvalue weighted by molar-refractivity contribution is -0.384. The summed E-state index contributed by atoms with van der Waals surface area (Å²) in [6, 6.07) is 16.3. The monoisotopic (exact) mass is 362 g/mol. The second-order valence-electron chi connectivity index (χ2n) is 5.79. The molecule has 128 valence electrons. The molecule has 0 aliphatic carbocycles. The van der Waals surface area contributed by atoms with Gasteiger partial charge in [0.2, 0.25) is 5.11 Å². The first kappa shape index (κ1) is 16.2. The van der Waals surface area contributed by atoms with E-state index >= 15 is 0 Å². The largest absolute Gasteiger partial charge is 0.307 e. The molecule has 0 bridgehead atoms. The Balaban J connectivity index is 1.84. The fraction of sp³-hybridized carbons (Fsp3) is 0.0526. The first-order chi connectivity index (χ1) is 12.6. The number of nitro benzene ring substituents is 1. The highest BCUT2D eigenvalue weighted by molar-refractivity contribution is 7.80. The van der Waals surface area contributed by atoms with Gasteiger partial charge in [0.1, 0.15) is 12.0 Å². The molecule has 0 saturated carbocycles. The molecule has 4 rings (SSSR count). The van der Waals surface area contributed by atoms with E-state index in [0.717, 1.165) is 17.1 Å². The van der Waals surface area contributed by atoms with Gasteiger partial charge in [-0.1, -0.05) is 24.3 Å². The van der Waals surface area contributed by atoms with Crippen LogP contribution in [-0.2, 0) is 0 Å². The Morgan fingerprint density at radius 1 is 1.04 bits per heavy atom. The van der Waals surface area contributed by atoms with Crippen molar-refractivity contribution in [3.05, 3.63) is 94.7 Å². The molecule has 2 aliphatic heterocycles. The molecular weight excluding hydrogens is 348 g/mol. The number of rotatable bonds is 3. The van der Waals surface area contributed by atoms with Gasteiger partial charge in [0.05, 0.1) is 4.92 Å². The molecule has 0 radical (unpaired) electrons. The lowest BCUT2D eigenvalue weighted by Crippen LogP contribution is -2.48. The van der Waals surface area contributed by atoms with Gasteiger partial charge in [0, 0.05) is 24.0 Å². The average molecular weight is 362 g/mol. The highest BCUT2D eigenvalue weighted by Gasteiger charge is 2.35. The minimum Gasteiger partial charge on any atom is -0.307 e. The summed E-state index contributed by atoms with van der Waals surface area (Å²) in [5.74, 6) is 0.744. The fourth-order valence-electron chi connectivity index (χ4n) is 3.05. The first-order valence-electron chi connectivity index (χ1n) is 7.99. The fourth-order valence-corrected chi connectivity index (χ4v) is 3.35. The third-order valence-corrected chi connectivity index (χ3v) is 4.52. The molecule has 7 heteroatoms. The Bertz CT molecular complexity index is 951. The Morgan fingerprint density at radius 3 is 2.46 bits per heavy atom. The number of nitrogens with zero attached hydrogens (tertiary/aromatic N) is 4. The van der Waals surface area contributed by atoms with Crippen molar-refractivity contribution in [2.24, 2.45) is 4.99 Å². The number of benzene rings is 2. The summed E-state index contributed by atoms with van der Waals surface area (Å²) in [7, 11) is 0. The van der Waals surface area contributed by atoms with Crippen LogP contribution >= 0.6 is 12.2 Å². The van der Waals surface area contributed by atoms with E-state index in [9.17, 15) is 10.1 Å². The van der Waals surface area contributed by atoms with Crippen molar-refractivity contribution >= 4 is 34.5 Å². The van der Waals surface area contributed by atoms with E-state index < -0.39 is 4.92 Å². The van der Waals surface area contributed by atoms with Gasteiger partial charge >= 0.3 is 0 Å². The number of nitro groups is 1. The van der Waals surface area contributed by atoms with Crippen LogP contribution in [0.1, 0.15) is 11.7 Å². The number of hydrogen-bond donors (Lipinski definition) is 0. The number of anilines is 1. The Morgan fingerprint density at radius 2 is 1.77 bits per heavy atom. The maximum absolute atomic E-state index is 11.0. The summed E-state index contributed by atoms with van der Waals surface area (Å²) in [6.07, 6.45) is 7.38. The number of para-hydroxylation sites is 1. The van der Waals surface area contributed by atoms with Crippen LogP contribution in [0, 0.1) is 10.1 Å². The van der Waals surface area contributed by atoms with Gasteiger partial charge in [-0.05, 0) is 54.2 Å². The number of amidine groups is 1. The molecule has 0 N–H and O–H groups in total. The van der Waals surface area contributed by atoms with Gasteiger partial charge in [0.15, 0.2) is 0 Å².